The van der Waals surface area contributed by atoms with Gasteiger partial charge in [-0.25, -0.2) is 4.79 Å². The molecular formula is C19H21NO4. The fourth-order valence-corrected chi connectivity index (χ4v) is 2.41. The molecule has 1 amide bonds. The van der Waals surface area contributed by atoms with E-state index in [2.05, 4.69) is 5.32 Å². The first kappa shape index (κ1) is 17.5. The highest BCUT2D eigenvalue weighted by Crippen LogP contribution is 2.22. The molecule has 0 bridgehead atoms. The third-order valence-electron chi connectivity index (χ3n) is 3.72. The molecule has 0 saturated carbocycles. The maximum atomic E-state index is 12.4. The van der Waals surface area contributed by atoms with Crippen molar-refractivity contribution < 1.29 is 19.1 Å². The Labute approximate surface area is 141 Å². The maximum Gasteiger partial charge on any atom is 0.337 e. The molecule has 0 saturated heterocycles. The molecule has 2 aromatic rings. The number of rotatable bonds is 5. The van der Waals surface area contributed by atoms with Crippen LogP contribution in [0.5, 0.6) is 5.75 Å². The van der Waals surface area contributed by atoms with E-state index < -0.39 is 5.97 Å². The van der Waals surface area contributed by atoms with Crippen LogP contribution in [0.1, 0.15) is 27.0 Å². The smallest absolute Gasteiger partial charge is 0.337 e. The lowest BCUT2D eigenvalue weighted by atomic mass is 10.1. The topological polar surface area (TPSA) is 64.6 Å². The lowest BCUT2D eigenvalue weighted by Crippen LogP contribution is -2.16. The third-order valence-corrected chi connectivity index (χ3v) is 3.72. The second-order valence-electron chi connectivity index (χ2n) is 5.56. The number of methoxy groups -OCH3 is 2. The number of nitrogens with one attached hydrogen (secondary N) is 1. The van der Waals surface area contributed by atoms with Crippen LogP contribution in [0.2, 0.25) is 0 Å². The standard InChI is InChI=1S/C19H21NO4/c1-12-5-8-17(23-3)15(9-12)11-18(21)20-16-10-14(19(22)24-4)7-6-13(16)2/h5-10H,11H2,1-4H3,(H,20,21). The van der Waals surface area contributed by atoms with Crippen LogP contribution >= 0.6 is 0 Å². The fraction of sp³-hybridized carbons (Fsp3) is 0.263. The summed E-state index contributed by atoms with van der Waals surface area (Å²) in [7, 11) is 2.90. The van der Waals surface area contributed by atoms with Gasteiger partial charge in [0.05, 0.1) is 26.2 Å². The molecule has 2 aromatic carbocycles. The number of aryl methyl sites for hydroxylation is 2. The van der Waals surface area contributed by atoms with Crippen molar-refractivity contribution in [2.24, 2.45) is 0 Å². The zero-order valence-electron chi connectivity index (χ0n) is 14.3. The Morgan fingerprint density at radius 1 is 1.04 bits per heavy atom. The SMILES string of the molecule is COC(=O)c1ccc(C)c(NC(=O)Cc2cc(C)ccc2OC)c1. The summed E-state index contributed by atoms with van der Waals surface area (Å²) in [6.07, 6.45) is 0.187. The molecule has 0 aliphatic heterocycles. The Bertz CT molecular complexity index is 768. The van der Waals surface area contributed by atoms with Gasteiger partial charge in [0.25, 0.3) is 0 Å². The number of carbonyl (C=O) groups is 2. The van der Waals surface area contributed by atoms with Crippen molar-refractivity contribution in [1.82, 2.24) is 0 Å². The lowest BCUT2D eigenvalue weighted by molar-refractivity contribution is -0.115. The predicted octanol–water partition coefficient (Wildman–Crippen LogP) is 3.28. The summed E-state index contributed by atoms with van der Waals surface area (Å²) in [4.78, 5) is 24.0. The number of amides is 1. The Kier molecular flexibility index (Phi) is 5.58. The van der Waals surface area contributed by atoms with Crippen LogP contribution in [0.15, 0.2) is 36.4 Å². The van der Waals surface area contributed by atoms with Crippen molar-refractivity contribution in [3.8, 4) is 5.75 Å². The second kappa shape index (κ2) is 7.64. The first-order chi connectivity index (χ1) is 11.4. The molecular weight excluding hydrogens is 306 g/mol. The van der Waals surface area contributed by atoms with E-state index in [0.717, 1.165) is 16.7 Å². The van der Waals surface area contributed by atoms with Crippen molar-refractivity contribution in [1.29, 1.82) is 0 Å². The summed E-state index contributed by atoms with van der Waals surface area (Å²) < 4.78 is 10.0. The molecule has 0 radical (unpaired) electrons. The first-order valence-corrected chi connectivity index (χ1v) is 7.57. The van der Waals surface area contributed by atoms with E-state index in [1.54, 1.807) is 25.3 Å². The van der Waals surface area contributed by atoms with E-state index in [0.29, 0.717) is 17.0 Å². The minimum Gasteiger partial charge on any atom is -0.496 e. The highest BCUT2D eigenvalue weighted by Gasteiger charge is 2.13. The quantitative estimate of drug-likeness (QED) is 0.856. The number of carbonyl (C=O) groups excluding carboxylic acids is 2. The monoisotopic (exact) mass is 327 g/mol. The average molecular weight is 327 g/mol. The number of ether oxygens (including phenoxy) is 2. The third kappa shape index (κ3) is 4.13. The number of esters is 1. The summed E-state index contributed by atoms with van der Waals surface area (Å²) in [6, 6.07) is 10.8. The summed E-state index contributed by atoms with van der Waals surface area (Å²) in [5.41, 5.74) is 3.73. The van der Waals surface area contributed by atoms with Crippen molar-refractivity contribution in [2.45, 2.75) is 20.3 Å². The van der Waals surface area contributed by atoms with Gasteiger partial charge < -0.3 is 14.8 Å². The van der Waals surface area contributed by atoms with Crippen LogP contribution in [0.25, 0.3) is 0 Å². The predicted molar refractivity (Wildman–Crippen MR) is 92.6 cm³/mol. The van der Waals surface area contributed by atoms with Crippen LogP contribution < -0.4 is 10.1 Å². The van der Waals surface area contributed by atoms with Gasteiger partial charge in [-0.2, -0.15) is 0 Å². The average Bonchev–Trinajstić information content (AvgIpc) is 2.56. The van der Waals surface area contributed by atoms with Gasteiger partial charge in [0, 0.05) is 11.3 Å². The number of hydrogen-bond acceptors (Lipinski definition) is 4. The van der Waals surface area contributed by atoms with Gasteiger partial charge in [-0.1, -0.05) is 23.8 Å². The fourth-order valence-electron chi connectivity index (χ4n) is 2.41. The molecule has 2 rings (SSSR count). The van der Waals surface area contributed by atoms with Crippen LogP contribution in [-0.2, 0) is 16.0 Å². The molecule has 0 atom stereocenters. The summed E-state index contributed by atoms with van der Waals surface area (Å²) in [6.45, 7) is 3.83. The van der Waals surface area contributed by atoms with Crippen LogP contribution in [-0.4, -0.2) is 26.1 Å². The van der Waals surface area contributed by atoms with Gasteiger partial charge in [-0.15, -0.1) is 0 Å². The summed E-state index contributed by atoms with van der Waals surface area (Å²) in [5.74, 6) is 0.0608. The highest BCUT2D eigenvalue weighted by atomic mass is 16.5. The van der Waals surface area contributed by atoms with Crippen LogP contribution in [0.4, 0.5) is 5.69 Å². The van der Waals surface area contributed by atoms with Crippen molar-refractivity contribution in [2.75, 3.05) is 19.5 Å². The van der Waals surface area contributed by atoms with E-state index >= 15 is 0 Å². The van der Waals surface area contributed by atoms with Crippen molar-refractivity contribution in [3.05, 3.63) is 58.7 Å². The Morgan fingerprint density at radius 2 is 1.79 bits per heavy atom. The van der Waals surface area contributed by atoms with Gasteiger partial charge in [0.2, 0.25) is 5.91 Å². The lowest BCUT2D eigenvalue weighted by Gasteiger charge is -2.12. The zero-order chi connectivity index (χ0) is 17.7. The number of benzene rings is 2. The van der Waals surface area contributed by atoms with Crippen molar-refractivity contribution in [3.63, 3.8) is 0 Å². The molecule has 0 aromatic heterocycles. The van der Waals surface area contributed by atoms with Crippen LogP contribution in [0, 0.1) is 13.8 Å². The molecule has 5 heteroatoms. The molecule has 126 valence electrons. The van der Waals surface area contributed by atoms with E-state index in [-0.39, 0.29) is 12.3 Å². The molecule has 1 N–H and O–H groups in total. The van der Waals surface area contributed by atoms with E-state index in [1.165, 1.54) is 7.11 Å². The first-order valence-electron chi connectivity index (χ1n) is 7.57. The Hall–Kier alpha value is -2.82. The molecule has 0 fully saturated rings. The summed E-state index contributed by atoms with van der Waals surface area (Å²) in [5, 5.41) is 2.85. The van der Waals surface area contributed by atoms with E-state index in [1.807, 2.05) is 32.0 Å². The normalized spacial score (nSPS) is 10.2. The molecule has 0 spiro atoms. The minimum absolute atomic E-state index is 0.177. The molecule has 0 aliphatic carbocycles. The highest BCUT2D eigenvalue weighted by molar-refractivity contribution is 5.96. The van der Waals surface area contributed by atoms with Gasteiger partial charge >= 0.3 is 5.97 Å². The van der Waals surface area contributed by atoms with Gasteiger partial charge in [0.15, 0.2) is 0 Å². The molecule has 0 aliphatic rings. The molecule has 0 heterocycles. The maximum absolute atomic E-state index is 12.4. The Morgan fingerprint density at radius 3 is 2.46 bits per heavy atom. The largest absolute Gasteiger partial charge is 0.496 e. The second-order valence-corrected chi connectivity index (χ2v) is 5.56. The van der Waals surface area contributed by atoms with Crippen LogP contribution in [0.3, 0.4) is 0 Å². The molecule has 24 heavy (non-hydrogen) atoms. The van der Waals surface area contributed by atoms with Gasteiger partial charge in [-0.05, 0) is 37.6 Å². The van der Waals surface area contributed by atoms with E-state index in [9.17, 15) is 9.59 Å². The zero-order valence-corrected chi connectivity index (χ0v) is 14.3. The number of hydrogen-bond donors (Lipinski definition) is 1. The number of anilines is 1. The van der Waals surface area contributed by atoms with Gasteiger partial charge in [0.1, 0.15) is 5.75 Å². The molecule has 0 unspecified atom stereocenters. The molecule has 5 nitrogen and oxygen atoms in total. The Balaban J connectivity index is 2.18. The van der Waals surface area contributed by atoms with E-state index in [4.69, 9.17) is 9.47 Å². The summed E-state index contributed by atoms with van der Waals surface area (Å²) >= 11 is 0. The van der Waals surface area contributed by atoms with Gasteiger partial charge in [-0.3, -0.25) is 4.79 Å². The minimum atomic E-state index is -0.439. The van der Waals surface area contributed by atoms with Crippen molar-refractivity contribution >= 4 is 17.6 Å².